The first-order chi connectivity index (χ1) is 24.7. The van der Waals surface area contributed by atoms with Gasteiger partial charge in [0.15, 0.2) is 0 Å². The van der Waals surface area contributed by atoms with E-state index in [0.717, 1.165) is 39.3 Å². The number of hydrogen-bond acceptors (Lipinski definition) is 1. The second-order valence-corrected chi connectivity index (χ2v) is 12.9. The van der Waals surface area contributed by atoms with E-state index < -0.39 is 0 Å². The molecule has 9 aromatic rings. The van der Waals surface area contributed by atoms with E-state index >= 15 is 0 Å². The summed E-state index contributed by atoms with van der Waals surface area (Å²) in [5.74, 6) is 0. The minimum absolute atomic E-state index is 0.961. The molecule has 2 aromatic heterocycles. The summed E-state index contributed by atoms with van der Waals surface area (Å²) in [5.41, 5.74) is 16.1. The van der Waals surface area contributed by atoms with Gasteiger partial charge in [-0.25, -0.2) is 4.98 Å². The summed E-state index contributed by atoms with van der Waals surface area (Å²) in [7, 11) is 0. The lowest BCUT2D eigenvalue weighted by Crippen LogP contribution is -1.93. The number of hydrogen-bond donors (Lipinski definition) is 0. The van der Waals surface area contributed by atoms with Crippen molar-refractivity contribution in [2.75, 3.05) is 0 Å². The van der Waals surface area contributed by atoms with Gasteiger partial charge in [0.2, 0.25) is 0 Å². The highest BCUT2D eigenvalue weighted by Gasteiger charge is 2.13. The highest BCUT2D eigenvalue weighted by atomic mass is 15.0. The second kappa shape index (κ2) is 12.5. The molecule has 0 amide bonds. The lowest BCUT2D eigenvalue weighted by molar-refractivity contribution is 1.18. The van der Waals surface area contributed by atoms with Crippen molar-refractivity contribution in [2.45, 2.75) is 6.92 Å². The zero-order valence-electron chi connectivity index (χ0n) is 27.8. The number of para-hydroxylation sites is 2. The van der Waals surface area contributed by atoms with Crippen LogP contribution in [0.1, 0.15) is 5.56 Å². The second-order valence-electron chi connectivity index (χ2n) is 12.9. The molecule has 9 rings (SSSR count). The first-order valence-electron chi connectivity index (χ1n) is 17.1. The highest BCUT2D eigenvalue weighted by molar-refractivity contribution is 6.09. The third kappa shape index (κ3) is 5.47. The molecule has 0 saturated carbocycles. The number of pyridine rings is 1. The maximum Gasteiger partial charge on any atom is 0.0715 e. The van der Waals surface area contributed by atoms with Gasteiger partial charge in [0.05, 0.1) is 22.4 Å². The van der Waals surface area contributed by atoms with Gasteiger partial charge in [-0.15, -0.1) is 0 Å². The van der Waals surface area contributed by atoms with Crippen LogP contribution in [0.5, 0.6) is 0 Å². The fourth-order valence-corrected chi connectivity index (χ4v) is 7.12. The molecule has 7 aromatic carbocycles. The van der Waals surface area contributed by atoms with Crippen molar-refractivity contribution < 1.29 is 0 Å². The molecular formula is C48H34N2. The maximum atomic E-state index is 5.17. The van der Waals surface area contributed by atoms with Crippen molar-refractivity contribution in [3.8, 4) is 61.6 Å². The minimum Gasteiger partial charge on any atom is -0.309 e. The molecular weight excluding hydrogens is 605 g/mol. The van der Waals surface area contributed by atoms with Crippen LogP contribution in [0.2, 0.25) is 0 Å². The van der Waals surface area contributed by atoms with Gasteiger partial charge < -0.3 is 4.57 Å². The topological polar surface area (TPSA) is 17.8 Å². The monoisotopic (exact) mass is 638 g/mol. The van der Waals surface area contributed by atoms with Crippen LogP contribution in [0.3, 0.4) is 0 Å². The quantitative estimate of drug-likeness (QED) is 0.177. The molecule has 50 heavy (non-hydrogen) atoms. The van der Waals surface area contributed by atoms with Crippen LogP contribution in [0.15, 0.2) is 188 Å². The zero-order chi connectivity index (χ0) is 33.4. The van der Waals surface area contributed by atoms with Crippen molar-refractivity contribution in [3.05, 3.63) is 194 Å². The van der Waals surface area contributed by atoms with Crippen LogP contribution < -0.4 is 0 Å². The Kier molecular flexibility index (Phi) is 7.40. The van der Waals surface area contributed by atoms with E-state index in [2.05, 4.69) is 200 Å². The smallest absolute Gasteiger partial charge is 0.0715 e. The number of nitrogens with zero attached hydrogens (tertiary/aromatic N) is 2. The van der Waals surface area contributed by atoms with Gasteiger partial charge in [0.1, 0.15) is 0 Å². The summed E-state index contributed by atoms with van der Waals surface area (Å²) in [5, 5.41) is 2.55. The van der Waals surface area contributed by atoms with E-state index in [4.69, 9.17) is 4.98 Å². The van der Waals surface area contributed by atoms with E-state index in [1.165, 1.54) is 49.6 Å². The Hall–Kier alpha value is -6.51. The molecule has 2 heteroatoms. The summed E-state index contributed by atoms with van der Waals surface area (Å²) in [6.07, 6.45) is 0. The fourth-order valence-electron chi connectivity index (χ4n) is 7.12. The van der Waals surface area contributed by atoms with Crippen LogP contribution in [-0.4, -0.2) is 9.55 Å². The SMILES string of the molecule is Cc1cccc(-c2cc(-c3ccc(-c4ccc(-n5c6ccccc6c6ccccc65)cc4)cc3)cc(-c3ccc(-c4ccccc4)cc3)n2)c1. The molecule has 0 aliphatic rings. The van der Waals surface area contributed by atoms with Crippen LogP contribution in [0.4, 0.5) is 0 Å². The van der Waals surface area contributed by atoms with Crippen LogP contribution in [0.25, 0.3) is 83.4 Å². The van der Waals surface area contributed by atoms with E-state index in [1.807, 2.05) is 0 Å². The van der Waals surface area contributed by atoms with Gasteiger partial charge in [-0.3, -0.25) is 0 Å². The van der Waals surface area contributed by atoms with Crippen molar-refractivity contribution >= 4 is 21.8 Å². The van der Waals surface area contributed by atoms with Crippen molar-refractivity contribution in [1.29, 1.82) is 0 Å². The van der Waals surface area contributed by atoms with E-state index in [1.54, 1.807) is 0 Å². The minimum atomic E-state index is 0.961. The molecule has 2 heterocycles. The first-order valence-corrected chi connectivity index (χ1v) is 17.1. The van der Waals surface area contributed by atoms with Gasteiger partial charge in [0, 0.05) is 27.6 Å². The Bertz CT molecular complexity index is 2560. The van der Waals surface area contributed by atoms with E-state index in [-0.39, 0.29) is 0 Å². The number of aryl methyl sites for hydroxylation is 1. The highest BCUT2D eigenvalue weighted by Crippen LogP contribution is 2.35. The molecule has 0 unspecified atom stereocenters. The molecule has 2 nitrogen and oxygen atoms in total. The van der Waals surface area contributed by atoms with Gasteiger partial charge in [-0.1, -0.05) is 151 Å². The van der Waals surface area contributed by atoms with Gasteiger partial charge in [-0.2, -0.15) is 0 Å². The molecule has 236 valence electrons. The third-order valence-electron chi connectivity index (χ3n) is 9.68. The predicted molar refractivity (Wildman–Crippen MR) is 210 cm³/mol. The Morgan fingerprint density at radius 3 is 1.36 bits per heavy atom. The molecule has 0 atom stereocenters. The largest absolute Gasteiger partial charge is 0.309 e. The van der Waals surface area contributed by atoms with Gasteiger partial charge in [0.25, 0.3) is 0 Å². The molecule has 0 aliphatic heterocycles. The third-order valence-corrected chi connectivity index (χ3v) is 9.68. The van der Waals surface area contributed by atoms with Gasteiger partial charge in [-0.05, 0) is 82.8 Å². The van der Waals surface area contributed by atoms with Crippen molar-refractivity contribution in [2.24, 2.45) is 0 Å². The summed E-state index contributed by atoms with van der Waals surface area (Å²) in [6, 6.07) is 67.4. The van der Waals surface area contributed by atoms with Crippen molar-refractivity contribution in [3.63, 3.8) is 0 Å². The van der Waals surface area contributed by atoms with Crippen LogP contribution >= 0.6 is 0 Å². The normalized spacial score (nSPS) is 11.3. The van der Waals surface area contributed by atoms with Crippen LogP contribution in [0, 0.1) is 6.92 Å². The summed E-state index contributed by atoms with van der Waals surface area (Å²) >= 11 is 0. The fraction of sp³-hybridized carbons (Fsp3) is 0.0208. The first kappa shape index (κ1) is 29.6. The molecule has 0 saturated heterocycles. The van der Waals surface area contributed by atoms with Crippen LogP contribution in [-0.2, 0) is 0 Å². The number of aromatic nitrogens is 2. The number of fused-ring (bicyclic) bond motifs is 3. The van der Waals surface area contributed by atoms with Gasteiger partial charge >= 0.3 is 0 Å². The molecule has 0 radical (unpaired) electrons. The lowest BCUT2D eigenvalue weighted by atomic mass is 9.96. The summed E-state index contributed by atoms with van der Waals surface area (Å²) in [4.78, 5) is 5.17. The van der Waals surface area contributed by atoms with E-state index in [9.17, 15) is 0 Å². The molecule has 0 bridgehead atoms. The maximum absolute atomic E-state index is 5.17. The average molecular weight is 639 g/mol. The predicted octanol–water partition coefficient (Wildman–Crippen LogP) is 12.8. The Balaban J connectivity index is 1.06. The zero-order valence-corrected chi connectivity index (χ0v) is 27.8. The Labute approximate surface area is 292 Å². The molecule has 0 N–H and O–H groups in total. The molecule has 0 spiro atoms. The number of benzene rings is 7. The average Bonchev–Trinajstić information content (AvgIpc) is 3.53. The molecule has 0 fully saturated rings. The molecule has 0 aliphatic carbocycles. The standard InChI is InChI=1S/C48H34N2/c1-33-10-9-13-40(30-33)46-32-41(31-45(49-46)39-24-22-35(23-25-39)34-11-3-2-4-12-34)38-20-18-36(19-21-38)37-26-28-42(29-27-37)50-47-16-7-5-14-43(47)44-15-6-8-17-48(44)50/h2-32H,1H3. The lowest BCUT2D eigenvalue weighted by Gasteiger charge is -2.12. The van der Waals surface area contributed by atoms with E-state index in [0.29, 0.717) is 0 Å². The summed E-state index contributed by atoms with van der Waals surface area (Å²) < 4.78 is 2.36. The Morgan fingerprint density at radius 2 is 0.780 bits per heavy atom. The van der Waals surface area contributed by atoms with Crippen molar-refractivity contribution in [1.82, 2.24) is 9.55 Å². The summed E-state index contributed by atoms with van der Waals surface area (Å²) in [6.45, 7) is 2.13. The number of rotatable bonds is 6. The Morgan fingerprint density at radius 1 is 0.340 bits per heavy atom.